The molecular weight excluding hydrogens is 280 g/mol. The third-order valence-electron chi connectivity index (χ3n) is 4.15. The molecule has 1 aromatic carbocycles. The first-order valence-corrected chi connectivity index (χ1v) is 8.07. The van der Waals surface area contributed by atoms with Crippen molar-refractivity contribution in [2.75, 3.05) is 25.1 Å². The minimum atomic E-state index is -0.168. The van der Waals surface area contributed by atoms with Gasteiger partial charge in [-0.1, -0.05) is 26.0 Å². The van der Waals surface area contributed by atoms with Crippen molar-refractivity contribution in [1.29, 1.82) is 0 Å². The molecule has 1 aliphatic rings. The second-order valence-corrected chi connectivity index (χ2v) is 5.84. The van der Waals surface area contributed by atoms with E-state index in [1.165, 1.54) is 0 Å². The van der Waals surface area contributed by atoms with Crippen LogP contribution in [0.4, 0.5) is 10.5 Å². The average Bonchev–Trinajstić information content (AvgIpc) is 2.53. The molecule has 0 bridgehead atoms. The van der Waals surface area contributed by atoms with E-state index in [-0.39, 0.29) is 18.7 Å². The Morgan fingerprint density at radius 2 is 2.23 bits per heavy atom. The van der Waals surface area contributed by atoms with Gasteiger partial charge in [-0.25, -0.2) is 4.79 Å². The normalized spacial score (nSPS) is 21.5. The van der Waals surface area contributed by atoms with Crippen LogP contribution in [0.2, 0.25) is 0 Å². The topological polar surface area (TPSA) is 61.8 Å². The zero-order valence-electron chi connectivity index (χ0n) is 13.4. The minimum absolute atomic E-state index is 0.00255. The number of hydrogen-bond donors (Lipinski definition) is 2. The van der Waals surface area contributed by atoms with Crippen LogP contribution in [0.5, 0.6) is 5.75 Å². The largest absolute Gasteiger partial charge is 0.491 e. The number of nitrogens with zero attached hydrogens (tertiary/aromatic N) is 1. The fourth-order valence-electron chi connectivity index (χ4n) is 2.87. The van der Waals surface area contributed by atoms with Crippen LogP contribution in [-0.4, -0.2) is 41.8 Å². The summed E-state index contributed by atoms with van der Waals surface area (Å²) >= 11 is 0. The monoisotopic (exact) mass is 306 g/mol. The molecule has 0 radical (unpaired) electrons. The predicted molar refractivity (Wildman–Crippen MR) is 87.2 cm³/mol. The lowest BCUT2D eigenvalue weighted by atomic mass is 9.91. The molecule has 0 aliphatic carbocycles. The van der Waals surface area contributed by atoms with Gasteiger partial charge in [-0.15, -0.1) is 0 Å². The van der Waals surface area contributed by atoms with Crippen LogP contribution in [0.15, 0.2) is 24.3 Å². The first kappa shape index (κ1) is 16.6. The van der Waals surface area contributed by atoms with E-state index in [4.69, 9.17) is 4.74 Å². The Bertz CT molecular complexity index is 493. The number of aliphatic hydroxyl groups is 1. The molecule has 2 rings (SSSR count). The quantitative estimate of drug-likeness (QED) is 0.878. The first-order chi connectivity index (χ1) is 10.7. The number of aliphatic hydroxyl groups excluding tert-OH is 1. The molecule has 0 aromatic heterocycles. The molecule has 1 aliphatic heterocycles. The maximum Gasteiger partial charge on any atom is 0.322 e. The van der Waals surface area contributed by atoms with Crippen LogP contribution in [0.25, 0.3) is 0 Å². The second-order valence-electron chi connectivity index (χ2n) is 5.84. The summed E-state index contributed by atoms with van der Waals surface area (Å²) in [6, 6.07) is 7.17. The zero-order valence-corrected chi connectivity index (χ0v) is 13.4. The highest BCUT2D eigenvalue weighted by Crippen LogP contribution is 2.27. The van der Waals surface area contributed by atoms with Gasteiger partial charge in [-0.05, 0) is 37.3 Å². The number of rotatable bonds is 5. The molecule has 2 amide bonds. The van der Waals surface area contributed by atoms with Crippen molar-refractivity contribution < 1.29 is 14.6 Å². The maximum atomic E-state index is 12.6. The van der Waals surface area contributed by atoms with Crippen molar-refractivity contribution in [3.63, 3.8) is 0 Å². The average molecular weight is 306 g/mol. The lowest BCUT2D eigenvalue weighted by Crippen LogP contribution is -2.51. The summed E-state index contributed by atoms with van der Waals surface area (Å²) in [5, 5.41) is 12.5. The zero-order chi connectivity index (χ0) is 15.9. The van der Waals surface area contributed by atoms with Gasteiger partial charge in [0, 0.05) is 6.54 Å². The fourth-order valence-corrected chi connectivity index (χ4v) is 2.87. The summed E-state index contributed by atoms with van der Waals surface area (Å²) < 4.78 is 5.67. The Morgan fingerprint density at radius 1 is 1.45 bits per heavy atom. The van der Waals surface area contributed by atoms with Crippen LogP contribution in [0.3, 0.4) is 0 Å². The molecule has 2 N–H and O–H groups in total. The number of nitrogens with one attached hydrogen (secondary N) is 1. The van der Waals surface area contributed by atoms with Gasteiger partial charge in [-0.2, -0.15) is 0 Å². The number of piperidine rings is 1. The van der Waals surface area contributed by atoms with Gasteiger partial charge >= 0.3 is 6.03 Å². The molecule has 1 heterocycles. The Balaban J connectivity index is 2.08. The van der Waals surface area contributed by atoms with Gasteiger partial charge in [0.05, 0.1) is 24.9 Å². The van der Waals surface area contributed by atoms with Crippen LogP contribution in [-0.2, 0) is 0 Å². The Kier molecular flexibility index (Phi) is 6.07. The highest BCUT2D eigenvalue weighted by atomic mass is 16.5. The van der Waals surface area contributed by atoms with E-state index in [9.17, 15) is 9.90 Å². The summed E-state index contributed by atoms with van der Waals surface area (Å²) in [6.45, 7) is 5.43. The summed E-state index contributed by atoms with van der Waals surface area (Å²) in [6.07, 6.45) is 2.93. The van der Waals surface area contributed by atoms with E-state index in [1.807, 2.05) is 31.2 Å². The van der Waals surface area contributed by atoms with E-state index in [2.05, 4.69) is 12.2 Å². The third-order valence-corrected chi connectivity index (χ3v) is 4.15. The van der Waals surface area contributed by atoms with Crippen LogP contribution in [0.1, 0.15) is 33.1 Å². The van der Waals surface area contributed by atoms with E-state index in [1.54, 1.807) is 4.90 Å². The summed E-state index contributed by atoms with van der Waals surface area (Å²) in [7, 11) is 0. The minimum Gasteiger partial charge on any atom is -0.491 e. The molecule has 1 aromatic rings. The van der Waals surface area contributed by atoms with E-state index < -0.39 is 0 Å². The number of ether oxygens (including phenoxy) is 1. The standard InChI is InChI=1S/C17H26N2O3/c1-3-11-22-16-9-5-4-8-14(16)18-17(21)19-10-6-7-13(2)15(19)12-20/h4-5,8-9,13,15,20H,3,6-7,10-12H2,1-2H3,(H,18,21). The van der Waals surface area contributed by atoms with Crippen molar-refractivity contribution in [1.82, 2.24) is 4.90 Å². The molecule has 2 atom stereocenters. The molecule has 0 spiro atoms. The second kappa shape index (κ2) is 8.03. The number of carbonyl (C=O) groups excluding carboxylic acids is 1. The Hall–Kier alpha value is -1.75. The van der Waals surface area contributed by atoms with Crippen molar-refractivity contribution in [2.45, 2.75) is 39.2 Å². The SMILES string of the molecule is CCCOc1ccccc1NC(=O)N1CCCC(C)C1CO. The molecular formula is C17H26N2O3. The molecule has 5 heteroatoms. The van der Waals surface area contributed by atoms with Gasteiger partial charge in [-0.3, -0.25) is 0 Å². The maximum absolute atomic E-state index is 12.6. The predicted octanol–water partition coefficient (Wildman–Crippen LogP) is 3.10. The van der Waals surface area contributed by atoms with E-state index in [0.717, 1.165) is 19.3 Å². The van der Waals surface area contributed by atoms with Gasteiger partial charge in [0.15, 0.2) is 0 Å². The molecule has 5 nitrogen and oxygen atoms in total. The van der Waals surface area contributed by atoms with Crippen LogP contribution >= 0.6 is 0 Å². The fraction of sp³-hybridized carbons (Fsp3) is 0.588. The van der Waals surface area contributed by atoms with Gasteiger partial charge in [0.2, 0.25) is 0 Å². The lowest BCUT2D eigenvalue weighted by Gasteiger charge is -2.38. The molecule has 22 heavy (non-hydrogen) atoms. The van der Waals surface area contributed by atoms with Crippen LogP contribution in [0, 0.1) is 5.92 Å². The van der Waals surface area contributed by atoms with Crippen molar-refractivity contribution >= 4 is 11.7 Å². The highest BCUT2D eigenvalue weighted by molar-refractivity contribution is 5.91. The van der Waals surface area contributed by atoms with Crippen molar-refractivity contribution in [3.8, 4) is 5.75 Å². The van der Waals surface area contributed by atoms with Crippen molar-refractivity contribution in [3.05, 3.63) is 24.3 Å². The van der Waals surface area contributed by atoms with Crippen LogP contribution < -0.4 is 10.1 Å². The summed E-state index contributed by atoms with van der Waals surface area (Å²) in [5.41, 5.74) is 0.677. The molecule has 2 unspecified atom stereocenters. The van der Waals surface area contributed by atoms with E-state index >= 15 is 0 Å². The molecule has 0 saturated carbocycles. The van der Waals surface area contributed by atoms with Gasteiger partial charge in [0.1, 0.15) is 5.75 Å². The number of benzene rings is 1. The third kappa shape index (κ3) is 3.91. The first-order valence-electron chi connectivity index (χ1n) is 8.07. The highest BCUT2D eigenvalue weighted by Gasteiger charge is 2.31. The van der Waals surface area contributed by atoms with Gasteiger partial charge in [0.25, 0.3) is 0 Å². The number of urea groups is 1. The lowest BCUT2D eigenvalue weighted by molar-refractivity contribution is 0.0811. The van der Waals surface area contributed by atoms with E-state index in [0.29, 0.717) is 30.5 Å². The van der Waals surface area contributed by atoms with Crippen molar-refractivity contribution in [2.24, 2.45) is 5.92 Å². The Morgan fingerprint density at radius 3 is 2.95 bits per heavy atom. The molecule has 1 fully saturated rings. The number of carbonyl (C=O) groups is 1. The molecule has 1 saturated heterocycles. The summed E-state index contributed by atoms with van der Waals surface area (Å²) in [4.78, 5) is 14.3. The number of hydrogen-bond acceptors (Lipinski definition) is 3. The molecule has 122 valence electrons. The number of anilines is 1. The summed E-state index contributed by atoms with van der Waals surface area (Å²) in [5.74, 6) is 0.999. The number of amides is 2. The number of likely N-dealkylation sites (tertiary alicyclic amines) is 1. The number of para-hydroxylation sites is 2. The van der Waals surface area contributed by atoms with Gasteiger partial charge < -0.3 is 20.1 Å². The smallest absolute Gasteiger partial charge is 0.322 e. The Labute approximate surface area is 132 Å².